The van der Waals surface area contributed by atoms with Crippen LogP contribution in [0.3, 0.4) is 0 Å². The Kier molecular flexibility index (Phi) is 4.86. The molecular weight excluding hydrogens is 390 g/mol. The van der Waals surface area contributed by atoms with Crippen molar-refractivity contribution in [3.63, 3.8) is 0 Å². The standard InChI is InChI=1S/C24H23N5O2/c1-15-22-20(13-21(16-9-10-16)27-23(22)29(2)28-15)24(30)26-17-7-5-8-19(12-17)31-14-18-6-3-4-11-25-18/h3-8,11-13,16H,9-10,14H2,1-2H3,(H,26,30). The molecule has 1 amide bonds. The molecule has 1 aliphatic rings. The molecule has 3 heterocycles. The van der Waals surface area contributed by atoms with Crippen LogP contribution in [0.15, 0.2) is 54.7 Å². The van der Waals surface area contributed by atoms with Crippen molar-refractivity contribution in [1.82, 2.24) is 19.7 Å². The van der Waals surface area contributed by atoms with Crippen molar-refractivity contribution in [2.75, 3.05) is 5.32 Å². The second-order valence-electron chi connectivity index (χ2n) is 7.87. The van der Waals surface area contributed by atoms with Crippen LogP contribution >= 0.6 is 0 Å². The van der Waals surface area contributed by atoms with E-state index in [1.165, 1.54) is 0 Å². The minimum Gasteiger partial charge on any atom is -0.487 e. The molecule has 1 saturated carbocycles. The van der Waals surface area contributed by atoms with E-state index in [-0.39, 0.29) is 5.91 Å². The number of pyridine rings is 2. The zero-order valence-electron chi connectivity index (χ0n) is 17.5. The highest BCUT2D eigenvalue weighted by molar-refractivity contribution is 6.12. The maximum Gasteiger partial charge on any atom is 0.256 e. The molecule has 0 atom stereocenters. The Balaban J connectivity index is 1.40. The highest BCUT2D eigenvalue weighted by Crippen LogP contribution is 2.40. The smallest absolute Gasteiger partial charge is 0.256 e. The van der Waals surface area contributed by atoms with Gasteiger partial charge in [-0.15, -0.1) is 0 Å². The number of amides is 1. The number of carbonyl (C=O) groups excluding carboxylic acids is 1. The first-order chi connectivity index (χ1) is 15.1. The van der Waals surface area contributed by atoms with Crippen molar-refractivity contribution in [3.05, 3.63) is 77.4 Å². The lowest BCUT2D eigenvalue weighted by Crippen LogP contribution is -2.14. The summed E-state index contributed by atoms with van der Waals surface area (Å²) in [5.41, 5.74) is 4.63. The molecule has 1 fully saturated rings. The van der Waals surface area contributed by atoms with E-state index in [0.29, 0.717) is 29.5 Å². The molecular formula is C24H23N5O2. The van der Waals surface area contributed by atoms with Crippen molar-refractivity contribution in [3.8, 4) is 5.75 Å². The number of benzene rings is 1. The second-order valence-corrected chi connectivity index (χ2v) is 7.87. The summed E-state index contributed by atoms with van der Waals surface area (Å²) in [5, 5.41) is 8.29. The summed E-state index contributed by atoms with van der Waals surface area (Å²) in [6.45, 7) is 2.27. The topological polar surface area (TPSA) is 81.9 Å². The summed E-state index contributed by atoms with van der Waals surface area (Å²) in [6.07, 6.45) is 3.97. The maximum atomic E-state index is 13.2. The van der Waals surface area contributed by atoms with E-state index >= 15 is 0 Å². The third-order valence-electron chi connectivity index (χ3n) is 5.43. The molecule has 1 aromatic carbocycles. The highest BCUT2D eigenvalue weighted by atomic mass is 16.5. The van der Waals surface area contributed by atoms with Crippen LogP contribution in [0.2, 0.25) is 0 Å². The Morgan fingerprint density at radius 3 is 2.84 bits per heavy atom. The zero-order chi connectivity index (χ0) is 21.4. The van der Waals surface area contributed by atoms with Gasteiger partial charge in [0.2, 0.25) is 0 Å². The van der Waals surface area contributed by atoms with Gasteiger partial charge in [0.05, 0.1) is 22.3 Å². The van der Waals surface area contributed by atoms with Gasteiger partial charge in [-0.1, -0.05) is 12.1 Å². The summed E-state index contributed by atoms with van der Waals surface area (Å²) >= 11 is 0. The molecule has 3 aromatic heterocycles. The van der Waals surface area contributed by atoms with Gasteiger partial charge in [-0.2, -0.15) is 5.10 Å². The van der Waals surface area contributed by atoms with Crippen LogP contribution in [0.25, 0.3) is 11.0 Å². The van der Waals surface area contributed by atoms with E-state index in [0.717, 1.165) is 41.0 Å². The van der Waals surface area contributed by atoms with Gasteiger partial charge >= 0.3 is 0 Å². The first kappa shape index (κ1) is 19.2. The van der Waals surface area contributed by atoms with Crippen LogP contribution in [0.5, 0.6) is 5.75 Å². The molecule has 156 valence electrons. The Morgan fingerprint density at radius 1 is 1.19 bits per heavy atom. The Labute approximate surface area is 180 Å². The molecule has 0 saturated heterocycles. The minimum atomic E-state index is -0.174. The number of aromatic nitrogens is 4. The number of aryl methyl sites for hydroxylation is 2. The fourth-order valence-electron chi connectivity index (χ4n) is 3.73. The molecule has 0 spiro atoms. The average Bonchev–Trinajstić information content (AvgIpc) is 3.59. The molecule has 7 nitrogen and oxygen atoms in total. The second kappa shape index (κ2) is 7.83. The molecule has 0 bridgehead atoms. The maximum absolute atomic E-state index is 13.2. The summed E-state index contributed by atoms with van der Waals surface area (Å²) in [6, 6.07) is 15.0. The third kappa shape index (κ3) is 3.99. The van der Waals surface area contributed by atoms with Crippen molar-refractivity contribution in [2.24, 2.45) is 7.05 Å². The number of ether oxygens (including phenoxy) is 1. The summed E-state index contributed by atoms with van der Waals surface area (Å²) in [4.78, 5) is 22.3. The first-order valence-electron chi connectivity index (χ1n) is 10.4. The predicted molar refractivity (Wildman–Crippen MR) is 118 cm³/mol. The lowest BCUT2D eigenvalue weighted by Gasteiger charge is -2.11. The normalized spacial score (nSPS) is 13.4. The summed E-state index contributed by atoms with van der Waals surface area (Å²) < 4.78 is 7.58. The minimum absolute atomic E-state index is 0.174. The molecule has 1 N–H and O–H groups in total. The number of hydrogen-bond donors (Lipinski definition) is 1. The van der Waals surface area contributed by atoms with Gasteiger partial charge in [-0.3, -0.25) is 14.5 Å². The molecule has 0 unspecified atom stereocenters. The van der Waals surface area contributed by atoms with Crippen molar-refractivity contribution in [2.45, 2.75) is 32.3 Å². The third-order valence-corrected chi connectivity index (χ3v) is 5.43. The van der Waals surface area contributed by atoms with Crippen molar-refractivity contribution < 1.29 is 9.53 Å². The SMILES string of the molecule is Cc1nn(C)c2nc(C3CC3)cc(C(=O)Nc3cccc(OCc4ccccn4)c3)c12. The average molecular weight is 413 g/mol. The van der Waals surface area contributed by atoms with Crippen molar-refractivity contribution >= 4 is 22.6 Å². The molecule has 1 aliphatic carbocycles. The number of nitrogens with zero attached hydrogens (tertiary/aromatic N) is 4. The van der Waals surface area contributed by atoms with Crippen LogP contribution in [0, 0.1) is 6.92 Å². The highest BCUT2D eigenvalue weighted by Gasteiger charge is 2.28. The molecule has 0 aliphatic heterocycles. The van der Waals surface area contributed by atoms with Gasteiger partial charge < -0.3 is 10.1 Å². The van der Waals surface area contributed by atoms with E-state index < -0.39 is 0 Å². The summed E-state index contributed by atoms with van der Waals surface area (Å²) in [7, 11) is 1.86. The van der Waals surface area contributed by atoms with Gasteiger partial charge in [0.15, 0.2) is 5.65 Å². The lowest BCUT2D eigenvalue weighted by atomic mass is 10.1. The van der Waals surface area contributed by atoms with E-state index in [4.69, 9.17) is 9.72 Å². The fraction of sp³-hybridized carbons (Fsp3) is 0.250. The largest absolute Gasteiger partial charge is 0.487 e. The van der Waals surface area contributed by atoms with E-state index in [9.17, 15) is 4.79 Å². The van der Waals surface area contributed by atoms with Gasteiger partial charge in [-0.25, -0.2) is 4.98 Å². The number of hydrogen-bond acceptors (Lipinski definition) is 5. The Hall–Kier alpha value is -3.74. The fourth-order valence-corrected chi connectivity index (χ4v) is 3.73. The van der Waals surface area contributed by atoms with E-state index in [1.54, 1.807) is 10.9 Å². The van der Waals surface area contributed by atoms with Crippen LogP contribution < -0.4 is 10.1 Å². The van der Waals surface area contributed by atoms with E-state index in [1.807, 2.05) is 62.5 Å². The number of rotatable bonds is 6. The Morgan fingerprint density at radius 2 is 2.06 bits per heavy atom. The van der Waals surface area contributed by atoms with Gasteiger partial charge in [0.1, 0.15) is 12.4 Å². The number of anilines is 1. The lowest BCUT2D eigenvalue weighted by molar-refractivity contribution is 0.102. The first-order valence-corrected chi connectivity index (χ1v) is 10.4. The zero-order valence-corrected chi connectivity index (χ0v) is 17.5. The van der Waals surface area contributed by atoms with Gasteiger partial charge in [0, 0.05) is 36.6 Å². The molecule has 0 radical (unpaired) electrons. The van der Waals surface area contributed by atoms with Crippen LogP contribution in [0.1, 0.15) is 46.2 Å². The van der Waals surface area contributed by atoms with Crippen LogP contribution in [0.4, 0.5) is 5.69 Å². The van der Waals surface area contributed by atoms with Crippen molar-refractivity contribution in [1.29, 1.82) is 0 Å². The van der Waals surface area contributed by atoms with Gasteiger partial charge in [0.25, 0.3) is 5.91 Å². The molecule has 5 rings (SSSR count). The summed E-state index contributed by atoms with van der Waals surface area (Å²) in [5.74, 6) is 0.932. The molecule has 7 heteroatoms. The monoisotopic (exact) mass is 413 g/mol. The van der Waals surface area contributed by atoms with Gasteiger partial charge in [-0.05, 0) is 50.1 Å². The molecule has 4 aromatic rings. The number of fused-ring (bicyclic) bond motifs is 1. The van der Waals surface area contributed by atoms with E-state index in [2.05, 4.69) is 15.4 Å². The van der Waals surface area contributed by atoms with Crippen LogP contribution in [-0.2, 0) is 13.7 Å². The Bertz CT molecular complexity index is 1260. The number of carbonyl (C=O) groups is 1. The quantitative estimate of drug-likeness (QED) is 0.507. The molecule has 31 heavy (non-hydrogen) atoms. The predicted octanol–water partition coefficient (Wildman–Crippen LogP) is 4.38. The van der Waals surface area contributed by atoms with Crippen LogP contribution in [-0.4, -0.2) is 25.7 Å². The number of nitrogens with one attached hydrogen (secondary N) is 1.